The summed E-state index contributed by atoms with van der Waals surface area (Å²) < 4.78 is 11.7. The number of carbonyl (C=O) groups is 1. The van der Waals surface area contributed by atoms with E-state index in [2.05, 4.69) is 35.9 Å². The minimum absolute atomic E-state index is 0.179. The van der Waals surface area contributed by atoms with Gasteiger partial charge in [-0.15, -0.1) is 0 Å². The zero-order valence-corrected chi connectivity index (χ0v) is 15.2. The van der Waals surface area contributed by atoms with Crippen LogP contribution in [0.3, 0.4) is 0 Å². The van der Waals surface area contributed by atoms with E-state index in [1.807, 2.05) is 6.07 Å². The fourth-order valence-electron chi connectivity index (χ4n) is 1.97. The molecule has 0 aromatic heterocycles. The molecule has 0 amide bonds. The summed E-state index contributed by atoms with van der Waals surface area (Å²) in [5.41, 5.74) is 0. The van der Waals surface area contributed by atoms with E-state index < -0.39 is 0 Å². The van der Waals surface area contributed by atoms with E-state index in [-0.39, 0.29) is 12.1 Å². The number of rotatable bonds is 11. The standard InChI is InChI=1S/C18H26O3Se/c1-3-4-5-7-10-16(21-14-13-18(19)20-2)15-22-17-11-8-6-9-12-17/h6,8-9,11-14,16H,3-5,7,10,15H2,1-2H3/b14-13+. The van der Waals surface area contributed by atoms with Gasteiger partial charge in [-0.25, -0.2) is 0 Å². The molecule has 0 spiro atoms. The van der Waals surface area contributed by atoms with E-state index in [1.165, 1.54) is 49.6 Å². The number of hydrogen-bond acceptors (Lipinski definition) is 3. The zero-order chi connectivity index (χ0) is 16.0. The van der Waals surface area contributed by atoms with Crippen LogP contribution in [0.4, 0.5) is 0 Å². The van der Waals surface area contributed by atoms with Gasteiger partial charge in [0.2, 0.25) is 0 Å². The van der Waals surface area contributed by atoms with Crippen LogP contribution in [-0.2, 0) is 14.3 Å². The maximum atomic E-state index is 11.1. The predicted octanol–water partition coefficient (Wildman–Crippen LogP) is 3.48. The van der Waals surface area contributed by atoms with Crippen LogP contribution in [0.5, 0.6) is 0 Å². The van der Waals surface area contributed by atoms with Crippen molar-refractivity contribution in [2.24, 2.45) is 0 Å². The molecule has 3 nitrogen and oxygen atoms in total. The Balaban J connectivity index is 2.42. The molecule has 0 aliphatic heterocycles. The molecule has 122 valence electrons. The quantitative estimate of drug-likeness (QED) is 0.197. The summed E-state index contributed by atoms with van der Waals surface area (Å²) in [6, 6.07) is 10.5. The van der Waals surface area contributed by atoms with Crippen molar-refractivity contribution in [3.63, 3.8) is 0 Å². The molecule has 0 saturated carbocycles. The van der Waals surface area contributed by atoms with E-state index >= 15 is 0 Å². The summed E-state index contributed by atoms with van der Waals surface area (Å²) in [6.07, 6.45) is 8.98. The Kier molecular flexibility index (Phi) is 10.5. The average Bonchev–Trinajstić information content (AvgIpc) is 2.56. The molecule has 1 atom stereocenters. The van der Waals surface area contributed by atoms with Crippen molar-refractivity contribution in [3.05, 3.63) is 42.7 Å². The van der Waals surface area contributed by atoms with Crippen LogP contribution in [0.1, 0.15) is 39.0 Å². The molecule has 0 fully saturated rings. The first-order valence-corrected chi connectivity index (χ1v) is 9.90. The summed E-state index contributed by atoms with van der Waals surface area (Å²) >= 11 is 0.399. The van der Waals surface area contributed by atoms with Gasteiger partial charge in [0.15, 0.2) is 0 Å². The van der Waals surface area contributed by atoms with E-state index in [0.29, 0.717) is 15.0 Å². The molecule has 4 heteroatoms. The van der Waals surface area contributed by atoms with Gasteiger partial charge in [0, 0.05) is 0 Å². The van der Waals surface area contributed by atoms with Gasteiger partial charge in [0.25, 0.3) is 0 Å². The minimum atomic E-state index is -0.377. The van der Waals surface area contributed by atoms with Gasteiger partial charge < -0.3 is 0 Å². The van der Waals surface area contributed by atoms with Crippen molar-refractivity contribution in [2.75, 3.05) is 7.11 Å². The monoisotopic (exact) mass is 370 g/mol. The number of unbranched alkanes of at least 4 members (excludes halogenated alkanes) is 3. The molecule has 0 bridgehead atoms. The van der Waals surface area contributed by atoms with Gasteiger partial charge in [-0.2, -0.15) is 0 Å². The third kappa shape index (κ3) is 8.91. The summed E-state index contributed by atoms with van der Waals surface area (Å²) in [5.74, 6) is -0.377. The maximum absolute atomic E-state index is 11.1. The van der Waals surface area contributed by atoms with Crippen LogP contribution in [-0.4, -0.2) is 34.1 Å². The molecule has 1 rings (SSSR count). The Bertz CT molecular complexity index is 431. The van der Waals surface area contributed by atoms with Crippen molar-refractivity contribution in [2.45, 2.75) is 50.5 Å². The van der Waals surface area contributed by atoms with Crippen LogP contribution >= 0.6 is 0 Å². The topological polar surface area (TPSA) is 35.5 Å². The van der Waals surface area contributed by atoms with Crippen molar-refractivity contribution in [1.29, 1.82) is 0 Å². The molecule has 0 heterocycles. The second kappa shape index (κ2) is 12.3. The Morgan fingerprint density at radius 2 is 2.00 bits per heavy atom. The van der Waals surface area contributed by atoms with Crippen LogP contribution in [0.2, 0.25) is 5.32 Å². The number of hydrogen-bond donors (Lipinski definition) is 0. The molecule has 1 aromatic rings. The van der Waals surface area contributed by atoms with Crippen LogP contribution in [0.15, 0.2) is 42.7 Å². The summed E-state index contributed by atoms with van der Waals surface area (Å²) in [6.45, 7) is 2.21. The fourth-order valence-corrected chi connectivity index (χ4v) is 4.01. The Labute approximate surface area is 140 Å². The van der Waals surface area contributed by atoms with Crippen LogP contribution < -0.4 is 4.46 Å². The molecule has 1 aromatic carbocycles. The van der Waals surface area contributed by atoms with Crippen LogP contribution in [0, 0.1) is 0 Å². The number of carbonyl (C=O) groups excluding carboxylic acids is 1. The molecule has 22 heavy (non-hydrogen) atoms. The molecule has 1 unspecified atom stereocenters. The first-order valence-electron chi connectivity index (χ1n) is 7.84. The summed E-state index contributed by atoms with van der Waals surface area (Å²) in [5, 5.41) is 1.02. The van der Waals surface area contributed by atoms with Gasteiger partial charge in [-0.05, 0) is 0 Å². The summed E-state index contributed by atoms with van der Waals surface area (Å²) in [7, 11) is 1.37. The van der Waals surface area contributed by atoms with E-state index in [9.17, 15) is 4.79 Å². The predicted molar refractivity (Wildman–Crippen MR) is 91.4 cm³/mol. The molecule has 0 aliphatic rings. The molecule has 0 radical (unpaired) electrons. The Morgan fingerprint density at radius 1 is 1.23 bits per heavy atom. The van der Waals surface area contributed by atoms with E-state index in [1.54, 1.807) is 0 Å². The van der Waals surface area contributed by atoms with Crippen molar-refractivity contribution >= 4 is 25.4 Å². The van der Waals surface area contributed by atoms with E-state index in [0.717, 1.165) is 11.7 Å². The average molecular weight is 369 g/mol. The number of benzene rings is 1. The third-order valence-corrected chi connectivity index (χ3v) is 5.64. The van der Waals surface area contributed by atoms with Gasteiger partial charge in [0.1, 0.15) is 0 Å². The second-order valence-corrected chi connectivity index (χ2v) is 7.35. The molecule has 0 aliphatic carbocycles. The molecule has 0 saturated heterocycles. The van der Waals surface area contributed by atoms with E-state index in [4.69, 9.17) is 4.74 Å². The number of esters is 1. The van der Waals surface area contributed by atoms with Gasteiger partial charge >= 0.3 is 140 Å². The number of methoxy groups -OCH3 is 1. The van der Waals surface area contributed by atoms with Gasteiger partial charge in [0.05, 0.1) is 0 Å². The van der Waals surface area contributed by atoms with Gasteiger partial charge in [-0.3, -0.25) is 0 Å². The summed E-state index contributed by atoms with van der Waals surface area (Å²) in [4.78, 5) is 11.1. The van der Waals surface area contributed by atoms with Crippen molar-refractivity contribution < 1.29 is 14.3 Å². The van der Waals surface area contributed by atoms with Crippen molar-refractivity contribution in [1.82, 2.24) is 0 Å². The Morgan fingerprint density at radius 3 is 2.68 bits per heavy atom. The molecular formula is C18H26O3Se. The SMILES string of the molecule is CCCCCCC(C[Se]c1ccccc1)O/C=C/C(=O)OC. The first kappa shape index (κ1) is 18.8. The second-order valence-electron chi connectivity index (χ2n) is 5.06. The molecular weight excluding hydrogens is 343 g/mol. The normalized spacial score (nSPS) is 12.3. The first-order chi connectivity index (χ1) is 10.8. The zero-order valence-electron chi connectivity index (χ0n) is 13.5. The number of ether oxygens (including phenoxy) is 2. The molecule has 0 N–H and O–H groups in total. The fraction of sp³-hybridized carbons (Fsp3) is 0.500. The van der Waals surface area contributed by atoms with Crippen molar-refractivity contribution in [3.8, 4) is 0 Å². The third-order valence-electron chi connectivity index (χ3n) is 3.24. The Hall–Kier alpha value is -1.25. The van der Waals surface area contributed by atoms with Crippen LogP contribution in [0.25, 0.3) is 0 Å². The van der Waals surface area contributed by atoms with Gasteiger partial charge in [-0.1, -0.05) is 0 Å².